The molecule has 0 aromatic carbocycles. The summed E-state index contributed by atoms with van der Waals surface area (Å²) in [6.07, 6.45) is 8.48. The Balaban J connectivity index is 1.85. The van der Waals surface area contributed by atoms with E-state index in [1.165, 1.54) is 25.7 Å². The van der Waals surface area contributed by atoms with Crippen LogP contribution in [0.25, 0.3) is 0 Å². The van der Waals surface area contributed by atoms with E-state index in [0.29, 0.717) is 12.0 Å². The molecular weight excluding hydrogens is 274 g/mol. The molecule has 2 rings (SSSR count). The van der Waals surface area contributed by atoms with Gasteiger partial charge in [0.2, 0.25) is 0 Å². The van der Waals surface area contributed by atoms with Gasteiger partial charge in [0.1, 0.15) is 0 Å². The van der Waals surface area contributed by atoms with Crippen LogP contribution < -0.4 is 5.32 Å². The second kappa shape index (κ2) is 6.41. The van der Waals surface area contributed by atoms with Gasteiger partial charge in [-0.2, -0.15) is 0 Å². The van der Waals surface area contributed by atoms with Gasteiger partial charge in [-0.3, -0.25) is 0 Å². The molecule has 2 saturated carbocycles. The van der Waals surface area contributed by atoms with Crippen molar-refractivity contribution in [3.8, 4) is 0 Å². The number of hydrogen-bond donors (Lipinski definition) is 2. The lowest BCUT2D eigenvalue weighted by molar-refractivity contribution is -0.0844. The molecule has 2 fully saturated rings. The van der Waals surface area contributed by atoms with Crippen LogP contribution in [0.2, 0.25) is 0 Å². The number of aliphatic hydroxyl groups excluding tert-OH is 1. The van der Waals surface area contributed by atoms with Gasteiger partial charge in [0.15, 0.2) is 0 Å². The Morgan fingerprint density at radius 3 is 2.05 bits per heavy atom. The van der Waals surface area contributed by atoms with Crippen molar-refractivity contribution >= 4 is 0 Å². The molecule has 2 aliphatic carbocycles. The van der Waals surface area contributed by atoms with E-state index >= 15 is 0 Å². The minimum atomic E-state index is -0.0295. The summed E-state index contributed by atoms with van der Waals surface area (Å²) >= 11 is 0. The third-order valence-electron chi connectivity index (χ3n) is 5.34. The average molecular weight is 312 g/mol. The first-order valence-corrected chi connectivity index (χ1v) is 9.09. The normalized spacial score (nSPS) is 23.7. The summed E-state index contributed by atoms with van der Waals surface area (Å²) in [6.45, 7) is 13.4. The number of aliphatic hydroxyl groups is 1. The third kappa shape index (κ3) is 5.21. The van der Waals surface area contributed by atoms with Crippen LogP contribution >= 0.6 is 0 Å². The molecule has 22 heavy (non-hydrogen) atoms. The van der Waals surface area contributed by atoms with Crippen molar-refractivity contribution < 1.29 is 9.84 Å². The summed E-state index contributed by atoms with van der Waals surface area (Å²) in [5.41, 5.74) is 0.536. The van der Waals surface area contributed by atoms with Crippen LogP contribution in [0, 0.1) is 10.8 Å². The van der Waals surface area contributed by atoms with Gasteiger partial charge in [-0.25, -0.2) is 0 Å². The molecule has 0 unspecified atom stereocenters. The molecule has 0 atom stereocenters. The Kier molecular flexibility index (Phi) is 5.31. The minimum Gasteiger partial charge on any atom is -0.396 e. The van der Waals surface area contributed by atoms with Crippen molar-refractivity contribution in [2.45, 2.75) is 90.7 Å². The van der Waals surface area contributed by atoms with E-state index < -0.39 is 0 Å². The summed E-state index contributed by atoms with van der Waals surface area (Å²) in [6, 6.07) is 0. The second-order valence-electron chi connectivity index (χ2n) is 9.81. The van der Waals surface area contributed by atoms with Crippen molar-refractivity contribution in [2.75, 3.05) is 19.8 Å². The van der Waals surface area contributed by atoms with Crippen molar-refractivity contribution in [1.82, 2.24) is 5.32 Å². The predicted molar refractivity (Wildman–Crippen MR) is 92.1 cm³/mol. The monoisotopic (exact) mass is 311 g/mol. The Morgan fingerprint density at radius 1 is 1.00 bits per heavy atom. The molecule has 0 bridgehead atoms. The van der Waals surface area contributed by atoms with Crippen molar-refractivity contribution in [3.05, 3.63) is 0 Å². The number of ether oxygens (including phenoxy) is 1. The van der Waals surface area contributed by atoms with E-state index in [1.807, 2.05) is 0 Å². The molecular formula is C19H37NO2. The summed E-state index contributed by atoms with van der Waals surface area (Å²) < 4.78 is 6.53. The van der Waals surface area contributed by atoms with Gasteiger partial charge in [-0.1, -0.05) is 33.6 Å². The standard InChI is InChI=1S/C19H37NO2/c1-16(2,3)12-19(8-6-7-9-19)22-15-17(4,5)20-13-18(14-21)10-11-18/h20-21H,6-15H2,1-5H3. The first kappa shape index (κ1) is 18.2. The molecule has 0 saturated heterocycles. The van der Waals surface area contributed by atoms with Crippen LogP contribution in [0.15, 0.2) is 0 Å². The molecule has 3 heteroatoms. The van der Waals surface area contributed by atoms with Crippen molar-refractivity contribution in [1.29, 1.82) is 0 Å². The first-order valence-electron chi connectivity index (χ1n) is 9.09. The maximum absolute atomic E-state index is 9.45. The lowest BCUT2D eigenvalue weighted by Crippen LogP contribution is -2.49. The summed E-state index contributed by atoms with van der Waals surface area (Å²) in [7, 11) is 0. The summed E-state index contributed by atoms with van der Waals surface area (Å²) in [5, 5.41) is 13.1. The van der Waals surface area contributed by atoms with E-state index in [1.54, 1.807) is 0 Å². The van der Waals surface area contributed by atoms with Crippen LogP contribution in [0.4, 0.5) is 0 Å². The van der Waals surface area contributed by atoms with Gasteiger partial charge in [0.25, 0.3) is 0 Å². The van der Waals surface area contributed by atoms with E-state index in [2.05, 4.69) is 39.9 Å². The molecule has 0 radical (unpaired) electrons. The van der Waals surface area contributed by atoms with Crippen LogP contribution in [0.5, 0.6) is 0 Å². The Labute approximate surface area is 137 Å². The van der Waals surface area contributed by atoms with Crippen LogP contribution in [0.1, 0.15) is 79.6 Å². The van der Waals surface area contributed by atoms with E-state index in [0.717, 1.165) is 32.4 Å². The molecule has 3 nitrogen and oxygen atoms in total. The molecule has 130 valence electrons. The molecule has 0 amide bonds. The Bertz CT molecular complexity index is 360. The van der Waals surface area contributed by atoms with Gasteiger partial charge in [-0.15, -0.1) is 0 Å². The van der Waals surface area contributed by atoms with Crippen LogP contribution in [-0.4, -0.2) is 36.0 Å². The second-order valence-corrected chi connectivity index (χ2v) is 9.81. The smallest absolute Gasteiger partial charge is 0.0688 e. The van der Waals surface area contributed by atoms with E-state index in [4.69, 9.17) is 4.74 Å². The van der Waals surface area contributed by atoms with Crippen molar-refractivity contribution in [3.63, 3.8) is 0 Å². The summed E-state index contributed by atoms with van der Waals surface area (Å²) in [5.74, 6) is 0. The number of nitrogens with one attached hydrogen (secondary N) is 1. The van der Waals surface area contributed by atoms with Gasteiger partial charge in [0, 0.05) is 24.1 Å². The van der Waals surface area contributed by atoms with Gasteiger partial charge in [0.05, 0.1) is 12.2 Å². The fourth-order valence-electron chi connectivity index (χ4n) is 3.74. The average Bonchev–Trinajstić information content (AvgIpc) is 3.07. The molecule has 2 N–H and O–H groups in total. The fraction of sp³-hybridized carbons (Fsp3) is 1.00. The Hall–Kier alpha value is -0.120. The topological polar surface area (TPSA) is 41.5 Å². The Morgan fingerprint density at radius 2 is 1.59 bits per heavy atom. The van der Waals surface area contributed by atoms with Crippen LogP contribution in [-0.2, 0) is 4.74 Å². The van der Waals surface area contributed by atoms with E-state index in [-0.39, 0.29) is 16.6 Å². The largest absolute Gasteiger partial charge is 0.396 e. The molecule has 0 heterocycles. The lowest BCUT2D eigenvalue weighted by Gasteiger charge is -2.39. The maximum Gasteiger partial charge on any atom is 0.0688 e. The first-order chi connectivity index (χ1) is 10.1. The van der Waals surface area contributed by atoms with Gasteiger partial charge in [-0.05, 0) is 51.4 Å². The quantitative estimate of drug-likeness (QED) is 0.714. The zero-order chi connectivity index (χ0) is 16.5. The summed E-state index contributed by atoms with van der Waals surface area (Å²) in [4.78, 5) is 0. The zero-order valence-electron chi connectivity index (χ0n) is 15.4. The SMILES string of the molecule is CC(C)(C)CC1(OCC(C)(C)NCC2(CO)CC2)CCCC1. The number of hydrogen-bond acceptors (Lipinski definition) is 3. The highest BCUT2D eigenvalue weighted by atomic mass is 16.5. The lowest BCUT2D eigenvalue weighted by atomic mass is 9.80. The predicted octanol–water partition coefficient (Wildman–Crippen LogP) is 3.89. The number of rotatable bonds is 8. The molecule has 2 aliphatic rings. The molecule has 0 aliphatic heterocycles. The zero-order valence-corrected chi connectivity index (χ0v) is 15.4. The maximum atomic E-state index is 9.45. The van der Waals surface area contributed by atoms with E-state index in [9.17, 15) is 5.11 Å². The van der Waals surface area contributed by atoms with Gasteiger partial charge >= 0.3 is 0 Å². The highest BCUT2D eigenvalue weighted by Crippen LogP contribution is 2.45. The fourth-order valence-corrected chi connectivity index (χ4v) is 3.74. The highest BCUT2D eigenvalue weighted by Gasteiger charge is 2.43. The molecule has 0 spiro atoms. The molecule has 0 aromatic rings. The van der Waals surface area contributed by atoms with Crippen LogP contribution in [0.3, 0.4) is 0 Å². The molecule has 0 aromatic heterocycles. The van der Waals surface area contributed by atoms with Crippen molar-refractivity contribution in [2.24, 2.45) is 10.8 Å². The highest BCUT2D eigenvalue weighted by molar-refractivity contribution is 4.97. The third-order valence-corrected chi connectivity index (χ3v) is 5.34. The van der Waals surface area contributed by atoms with Gasteiger partial charge < -0.3 is 15.2 Å². The minimum absolute atomic E-state index is 0.0295.